The maximum atomic E-state index is 5.73. The second-order valence-corrected chi connectivity index (χ2v) is 5.13. The number of likely N-dealkylation sites (N-methyl/N-ethyl adjacent to an activating group) is 1. The maximum Gasteiger partial charge on any atom is 0.231 e. The average molecular weight is 248 g/mol. The number of ether oxygens (including phenoxy) is 2. The molecule has 0 bridgehead atoms. The summed E-state index contributed by atoms with van der Waals surface area (Å²) in [4.78, 5) is 2.42. The minimum absolute atomic E-state index is 0.343. The van der Waals surface area contributed by atoms with E-state index in [0.29, 0.717) is 18.8 Å². The Labute approximate surface area is 108 Å². The molecule has 2 unspecified atom stereocenters. The summed E-state index contributed by atoms with van der Waals surface area (Å²) >= 11 is 0. The predicted octanol–water partition coefficient (Wildman–Crippen LogP) is 1.55. The van der Waals surface area contributed by atoms with Crippen LogP contribution in [-0.4, -0.2) is 37.9 Å². The first-order chi connectivity index (χ1) is 8.79. The van der Waals surface area contributed by atoms with Crippen LogP contribution in [0, 0.1) is 0 Å². The van der Waals surface area contributed by atoms with Crippen LogP contribution in [0.1, 0.15) is 24.3 Å². The highest BCUT2D eigenvalue weighted by atomic mass is 16.7. The van der Waals surface area contributed by atoms with Crippen LogP contribution < -0.4 is 15.2 Å². The Kier molecular flexibility index (Phi) is 3.14. The van der Waals surface area contributed by atoms with Gasteiger partial charge in [-0.25, -0.2) is 0 Å². The van der Waals surface area contributed by atoms with Gasteiger partial charge in [0, 0.05) is 12.0 Å². The van der Waals surface area contributed by atoms with E-state index in [4.69, 9.17) is 15.2 Å². The fourth-order valence-electron chi connectivity index (χ4n) is 3.13. The van der Waals surface area contributed by atoms with Crippen LogP contribution in [0.2, 0.25) is 0 Å². The molecule has 0 aliphatic carbocycles. The number of nitrogens with two attached hydrogens (primary N) is 1. The molecule has 0 aromatic heterocycles. The molecule has 2 aliphatic rings. The Hall–Kier alpha value is -1.26. The number of rotatable bonds is 3. The number of nitrogens with zero attached hydrogens (tertiary/aromatic N) is 1. The zero-order valence-electron chi connectivity index (χ0n) is 10.8. The Morgan fingerprint density at radius 3 is 3.00 bits per heavy atom. The maximum absolute atomic E-state index is 5.73. The highest BCUT2D eigenvalue weighted by Gasteiger charge is 2.32. The second-order valence-electron chi connectivity index (χ2n) is 5.13. The van der Waals surface area contributed by atoms with Gasteiger partial charge in [-0.3, -0.25) is 0 Å². The Balaban J connectivity index is 1.85. The zero-order valence-corrected chi connectivity index (χ0v) is 10.8. The standard InChI is InChI=1S/C14H20N2O2/c1-16-7-5-11(12(16)4-6-15)10-2-3-13-14(8-10)18-9-17-13/h2-3,8,11-12H,4-7,9,15H2,1H3. The van der Waals surface area contributed by atoms with Gasteiger partial charge in [0.25, 0.3) is 0 Å². The molecule has 2 atom stereocenters. The number of hydrogen-bond acceptors (Lipinski definition) is 4. The molecule has 2 aliphatic heterocycles. The SMILES string of the molecule is CN1CCC(c2ccc3c(c2)OCO3)C1CCN. The molecule has 3 rings (SSSR count). The van der Waals surface area contributed by atoms with Crippen molar-refractivity contribution >= 4 is 0 Å². The fourth-order valence-corrected chi connectivity index (χ4v) is 3.13. The molecule has 1 aromatic rings. The van der Waals surface area contributed by atoms with Crippen molar-refractivity contribution in [3.63, 3.8) is 0 Å². The van der Waals surface area contributed by atoms with E-state index < -0.39 is 0 Å². The van der Waals surface area contributed by atoms with Gasteiger partial charge in [0.2, 0.25) is 6.79 Å². The van der Waals surface area contributed by atoms with E-state index in [-0.39, 0.29) is 0 Å². The molecule has 4 heteroatoms. The van der Waals surface area contributed by atoms with Crippen molar-refractivity contribution in [2.45, 2.75) is 24.8 Å². The highest BCUT2D eigenvalue weighted by Crippen LogP contribution is 2.39. The summed E-state index contributed by atoms with van der Waals surface area (Å²) in [6.07, 6.45) is 2.25. The Bertz CT molecular complexity index is 436. The predicted molar refractivity (Wildman–Crippen MR) is 70.0 cm³/mol. The number of likely N-dealkylation sites (tertiary alicyclic amines) is 1. The Morgan fingerprint density at radius 2 is 2.17 bits per heavy atom. The lowest BCUT2D eigenvalue weighted by atomic mass is 9.90. The van der Waals surface area contributed by atoms with Crippen molar-refractivity contribution < 1.29 is 9.47 Å². The lowest BCUT2D eigenvalue weighted by Crippen LogP contribution is -2.30. The van der Waals surface area contributed by atoms with Crippen LogP contribution in [0.25, 0.3) is 0 Å². The van der Waals surface area contributed by atoms with Crippen LogP contribution in [0.4, 0.5) is 0 Å². The van der Waals surface area contributed by atoms with Crippen LogP contribution in [-0.2, 0) is 0 Å². The minimum Gasteiger partial charge on any atom is -0.454 e. The summed E-state index contributed by atoms with van der Waals surface area (Å²) < 4.78 is 10.8. The molecule has 1 fully saturated rings. The van der Waals surface area contributed by atoms with E-state index in [1.165, 1.54) is 12.0 Å². The lowest BCUT2D eigenvalue weighted by Gasteiger charge is -2.24. The van der Waals surface area contributed by atoms with Crippen LogP contribution in [0.5, 0.6) is 11.5 Å². The van der Waals surface area contributed by atoms with Crippen LogP contribution >= 0.6 is 0 Å². The largest absolute Gasteiger partial charge is 0.454 e. The summed E-state index contributed by atoms with van der Waals surface area (Å²) in [6, 6.07) is 6.88. The summed E-state index contributed by atoms with van der Waals surface area (Å²) in [5, 5.41) is 0. The van der Waals surface area contributed by atoms with Crippen LogP contribution in [0.3, 0.4) is 0 Å². The average Bonchev–Trinajstić information content (AvgIpc) is 2.97. The molecule has 0 radical (unpaired) electrons. The van der Waals surface area contributed by atoms with E-state index in [1.807, 2.05) is 6.07 Å². The van der Waals surface area contributed by atoms with Crippen molar-refractivity contribution in [1.29, 1.82) is 0 Å². The summed E-state index contributed by atoms with van der Waals surface area (Å²) in [5.74, 6) is 2.31. The molecule has 98 valence electrons. The molecule has 1 saturated heterocycles. The van der Waals surface area contributed by atoms with Gasteiger partial charge in [0.15, 0.2) is 11.5 Å². The van der Waals surface area contributed by atoms with Crippen molar-refractivity contribution in [3.05, 3.63) is 23.8 Å². The van der Waals surface area contributed by atoms with Gasteiger partial charge in [-0.15, -0.1) is 0 Å². The van der Waals surface area contributed by atoms with Gasteiger partial charge in [-0.2, -0.15) is 0 Å². The van der Waals surface area contributed by atoms with Gasteiger partial charge in [0.1, 0.15) is 0 Å². The molecule has 0 saturated carbocycles. The van der Waals surface area contributed by atoms with Gasteiger partial charge >= 0.3 is 0 Å². The zero-order chi connectivity index (χ0) is 12.5. The summed E-state index contributed by atoms with van der Waals surface area (Å²) in [7, 11) is 2.19. The van der Waals surface area contributed by atoms with E-state index >= 15 is 0 Å². The molecule has 18 heavy (non-hydrogen) atoms. The quantitative estimate of drug-likeness (QED) is 0.881. The van der Waals surface area contributed by atoms with E-state index in [1.54, 1.807) is 0 Å². The third kappa shape index (κ3) is 1.95. The highest BCUT2D eigenvalue weighted by molar-refractivity contribution is 5.45. The molecule has 0 amide bonds. The minimum atomic E-state index is 0.343. The Morgan fingerprint density at radius 1 is 1.33 bits per heavy atom. The van der Waals surface area contributed by atoms with Gasteiger partial charge in [-0.05, 0) is 50.7 Å². The van der Waals surface area contributed by atoms with Crippen molar-refractivity contribution in [2.24, 2.45) is 5.73 Å². The summed E-state index contributed by atoms with van der Waals surface area (Å²) in [6.45, 7) is 2.23. The lowest BCUT2D eigenvalue weighted by molar-refractivity contribution is 0.174. The van der Waals surface area contributed by atoms with Gasteiger partial charge < -0.3 is 20.1 Å². The smallest absolute Gasteiger partial charge is 0.231 e. The monoisotopic (exact) mass is 248 g/mol. The third-order valence-electron chi connectivity index (χ3n) is 4.11. The molecular formula is C14H20N2O2. The molecule has 2 heterocycles. The second kappa shape index (κ2) is 4.78. The van der Waals surface area contributed by atoms with E-state index in [2.05, 4.69) is 24.1 Å². The van der Waals surface area contributed by atoms with Crippen molar-refractivity contribution in [1.82, 2.24) is 4.90 Å². The van der Waals surface area contributed by atoms with E-state index in [0.717, 1.165) is 31.0 Å². The van der Waals surface area contributed by atoms with Gasteiger partial charge in [0.05, 0.1) is 0 Å². The number of benzene rings is 1. The third-order valence-corrected chi connectivity index (χ3v) is 4.11. The first-order valence-electron chi connectivity index (χ1n) is 6.59. The first-order valence-corrected chi connectivity index (χ1v) is 6.59. The first kappa shape index (κ1) is 11.8. The van der Waals surface area contributed by atoms with Gasteiger partial charge in [-0.1, -0.05) is 6.07 Å². The molecular weight excluding hydrogens is 228 g/mol. The van der Waals surface area contributed by atoms with E-state index in [9.17, 15) is 0 Å². The fraction of sp³-hybridized carbons (Fsp3) is 0.571. The van der Waals surface area contributed by atoms with Crippen molar-refractivity contribution in [3.8, 4) is 11.5 Å². The molecule has 4 nitrogen and oxygen atoms in total. The number of fused-ring (bicyclic) bond motifs is 1. The molecule has 2 N–H and O–H groups in total. The van der Waals surface area contributed by atoms with Crippen molar-refractivity contribution in [2.75, 3.05) is 26.9 Å². The summed E-state index contributed by atoms with van der Waals surface area (Å²) in [5.41, 5.74) is 7.08. The normalized spacial score (nSPS) is 26.8. The van der Waals surface area contributed by atoms with Crippen LogP contribution in [0.15, 0.2) is 18.2 Å². The molecule has 1 aromatic carbocycles. The topological polar surface area (TPSA) is 47.7 Å². The molecule has 0 spiro atoms. The number of hydrogen-bond donors (Lipinski definition) is 1.